The van der Waals surface area contributed by atoms with Gasteiger partial charge in [0.2, 0.25) is 0 Å². The first kappa shape index (κ1) is 7.43. The van der Waals surface area contributed by atoms with E-state index in [1.54, 1.807) is 0 Å². The highest BCUT2D eigenvalue weighted by molar-refractivity contribution is 6.45. The lowest BCUT2D eigenvalue weighted by Gasteiger charge is -1.92. The molecule has 0 bridgehead atoms. The summed E-state index contributed by atoms with van der Waals surface area (Å²) in [5.41, 5.74) is 1.53. The van der Waals surface area contributed by atoms with Crippen LogP contribution in [0.4, 0.5) is 0 Å². The molecule has 0 aromatic carbocycles. The number of halogens is 2. The number of hydrogen-bond donors (Lipinski definition) is 0. The summed E-state index contributed by atoms with van der Waals surface area (Å²) in [5, 5.41) is 0. The molecule has 1 aliphatic carbocycles. The van der Waals surface area contributed by atoms with Crippen molar-refractivity contribution < 1.29 is 0 Å². The van der Waals surface area contributed by atoms with Crippen molar-refractivity contribution in [1.29, 1.82) is 0 Å². The smallest absolute Gasteiger partial charge is 0.101 e. The Labute approximate surface area is 65.8 Å². The molecule has 0 aromatic heterocycles. The Hall–Kier alpha value is 0.320. The minimum atomic E-state index is -0.349. The molecule has 0 spiro atoms. The van der Waals surface area contributed by atoms with E-state index in [1.165, 1.54) is 5.57 Å². The van der Waals surface area contributed by atoms with E-state index in [4.69, 9.17) is 23.2 Å². The van der Waals surface area contributed by atoms with Crippen LogP contribution >= 0.6 is 23.2 Å². The van der Waals surface area contributed by atoms with Crippen molar-refractivity contribution in [2.75, 3.05) is 0 Å². The van der Waals surface area contributed by atoms with E-state index in [0.29, 0.717) is 0 Å². The number of rotatable bonds is 1. The van der Waals surface area contributed by atoms with Crippen LogP contribution < -0.4 is 0 Å². The monoisotopic (exact) mass is 163 g/mol. The van der Waals surface area contributed by atoms with Crippen LogP contribution in [0, 0.1) is 11.8 Å². The van der Waals surface area contributed by atoms with Gasteiger partial charge in [-0.1, -0.05) is 25.5 Å². The maximum Gasteiger partial charge on any atom is 0.126 e. The molecule has 0 aliphatic heterocycles. The quantitative estimate of drug-likeness (QED) is 0.522. The maximum absolute atomic E-state index is 5.51. The molecule has 1 rings (SSSR count). The first-order valence-corrected chi connectivity index (χ1v) is 3.76. The van der Waals surface area contributed by atoms with Crippen LogP contribution in [0.5, 0.6) is 0 Å². The van der Waals surface area contributed by atoms with Gasteiger partial charge in [0.25, 0.3) is 0 Å². The molecule has 0 nitrogen and oxygen atoms in total. The summed E-state index contributed by atoms with van der Waals surface area (Å²) in [4.78, 5) is -0.349. The van der Waals surface area contributed by atoms with Crippen molar-refractivity contribution >= 4 is 23.2 Å². The van der Waals surface area contributed by atoms with Crippen LogP contribution in [0.3, 0.4) is 0 Å². The maximum atomic E-state index is 5.51. The minimum absolute atomic E-state index is 0.266. The van der Waals surface area contributed by atoms with Crippen LogP contribution in [-0.4, -0.2) is 4.84 Å². The molecule has 9 heavy (non-hydrogen) atoms. The van der Waals surface area contributed by atoms with Crippen molar-refractivity contribution in [3.8, 4) is 0 Å². The van der Waals surface area contributed by atoms with Crippen LogP contribution in [0.15, 0.2) is 11.6 Å². The summed E-state index contributed by atoms with van der Waals surface area (Å²) in [7, 11) is 0. The van der Waals surface area contributed by atoms with Gasteiger partial charge in [0.05, 0.1) is 0 Å². The normalized spacial score (nSPS) is 27.4. The van der Waals surface area contributed by atoms with E-state index in [9.17, 15) is 0 Å². The Balaban J connectivity index is 2.50. The lowest BCUT2D eigenvalue weighted by Crippen LogP contribution is -1.82. The third kappa shape index (κ3) is 1.87. The van der Waals surface area contributed by atoms with E-state index in [2.05, 4.69) is 20.3 Å². The molecule has 1 saturated carbocycles. The molecule has 0 N–H and O–H groups in total. The molecule has 0 heterocycles. The van der Waals surface area contributed by atoms with E-state index in [1.807, 2.05) is 6.08 Å². The Bertz CT molecular complexity index is 145. The van der Waals surface area contributed by atoms with E-state index < -0.39 is 0 Å². The second-order valence-corrected chi connectivity index (χ2v) is 3.99. The molecular weight excluding hydrogens is 155 g/mol. The molecule has 51 valence electrons. The highest BCUT2D eigenvalue weighted by Crippen LogP contribution is 2.50. The average molecular weight is 164 g/mol. The zero-order valence-corrected chi connectivity index (χ0v) is 7.00. The van der Waals surface area contributed by atoms with Crippen molar-refractivity contribution in [2.24, 2.45) is 5.41 Å². The average Bonchev–Trinajstić information content (AvgIpc) is 2.10. The predicted octanol–water partition coefficient (Wildman–Crippen LogP) is 2.96. The van der Waals surface area contributed by atoms with Crippen LogP contribution in [0.1, 0.15) is 13.8 Å². The van der Waals surface area contributed by atoms with Crippen molar-refractivity contribution in [1.82, 2.24) is 0 Å². The van der Waals surface area contributed by atoms with E-state index in [-0.39, 0.29) is 10.3 Å². The van der Waals surface area contributed by atoms with Gasteiger partial charge in [0.1, 0.15) is 4.84 Å². The van der Waals surface area contributed by atoms with Gasteiger partial charge >= 0.3 is 0 Å². The van der Waals surface area contributed by atoms with Crippen LogP contribution in [0.2, 0.25) is 0 Å². The Kier molecular flexibility index (Phi) is 1.79. The molecule has 0 unspecified atom stereocenters. The molecule has 0 amide bonds. The zero-order chi connectivity index (χ0) is 7.07. The van der Waals surface area contributed by atoms with Gasteiger partial charge in [-0.05, 0) is 11.8 Å². The van der Waals surface area contributed by atoms with Gasteiger partial charge in [0, 0.05) is 0 Å². The summed E-state index contributed by atoms with van der Waals surface area (Å²) in [6.07, 6.45) is 4.01. The summed E-state index contributed by atoms with van der Waals surface area (Å²) < 4.78 is 0. The van der Waals surface area contributed by atoms with Crippen molar-refractivity contribution in [2.45, 2.75) is 18.7 Å². The summed E-state index contributed by atoms with van der Waals surface area (Å²) in [6.45, 7) is 4.27. The summed E-state index contributed by atoms with van der Waals surface area (Å²) >= 11 is 11.0. The minimum Gasteiger partial charge on any atom is -0.101 e. The van der Waals surface area contributed by atoms with Crippen molar-refractivity contribution in [3.05, 3.63) is 18.1 Å². The number of allylic oxidation sites excluding steroid dienone is 2. The lowest BCUT2D eigenvalue weighted by molar-refractivity contribution is 0.736. The lowest BCUT2D eigenvalue weighted by atomic mass is 10.2. The van der Waals surface area contributed by atoms with Gasteiger partial charge in [-0.25, -0.2) is 0 Å². The van der Waals surface area contributed by atoms with Gasteiger partial charge < -0.3 is 0 Å². The molecule has 0 saturated heterocycles. The molecule has 1 radical (unpaired) electrons. The summed E-state index contributed by atoms with van der Waals surface area (Å²) in [5.74, 6) is 0. The van der Waals surface area contributed by atoms with E-state index >= 15 is 0 Å². The number of alkyl halides is 2. The Morgan fingerprint density at radius 1 is 1.56 bits per heavy atom. The van der Waals surface area contributed by atoms with Gasteiger partial charge in [-0.15, -0.1) is 23.2 Å². The first-order valence-electron chi connectivity index (χ1n) is 2.89. The Morgan fingerprint density at radius 3 is 2.11 bits per heavy atom. The molecule has 2 heteroatoms. The van der Waals surface area contributed by atoms with Gasteiger partial charge in [0.15, 0.2) is 0 Å². The van der Waals surface area contributed by atoms with E-state index in [0.717, 1.165) is 0 Å². The van der Waals surface area contributed by atoms with Crippen LogP contribution in [-0.2, 0) is 0 Å². The second kappa shape index (κ2) is 2.17. The van der Waals surface area contributed by atoms with Crippen molar-refractivity contribution in [3.63, 3.8) is 0 Å². The number of hydrogen-bond acceptors (Lipinski definition) is 0. The molecule has 1 aliphatic rings. The SMILES string of the molecule is CC1(C)[CH]C1=CC(Cl)Cl. The second-order valence-electron chi connectivity index (χ2n) is 2.82. The zero-order valence-electron chi connectivity index (χ0n) is 5.49. The third-order valence-corrected chi connectivity index (χ3v) is 1.73. The molecular formula is C7H9Cl2. The Morgan fingerprint density at radius 2 is 2.00 bits per heavy atom. The highest BCUT2D eigenvalue weighted by Gasteiger charge is 2.39. The topological polar surface area (TPSA) is 0 Å². The fourth-order valence-corrected chi connectivity index (χ4v) is 1.02. The predicted molar refractivity (Wildman–Crippen MR) is 41.7 cm³/mol. The fraction of sp³-hybridized carbons (Fsp3) is 0.571. The summed E-state index contributed by atoms with van der Waals surface area (Å²) in [6, 6.07) is 0. The van der Waals surface area contributed by atoms with Gasteiger partial charge in [-0.2, -0.15) is 0 Å². The molecule has 0 atom stereocenters. The first-order chi connectivity index (χ1) is 4.02. The van der Waals surface area contributed by atoms with Gasteiger partial charge in [-0.3, -0.25) is 0 Å². The fourth-order valence-electron chi connectivity index (χ4n) is 0.751. The largest absolute Gasteiger partial charge is 0.126 e. The molecule has 1 fully saturated rings. The van der Waals surface area contributed by atoms with Crippen LogP contribution in [0.25, 0.3) is 0 Å². The highest BCUT2D eigenvalue weighted by atomic mass is 35.5. The standard InChI is InChI=1S/C7H9Cl2/c1-7(2)4-5(7)3-6(8)9/h3-4,6H,1-2H3. The molecule has 0 aromatic rings. The third-order valence-electron chi connectivity index (χ3n) is 1.48.